The molecule has 0 fully saturated rings. The van der Waals surface area contributed by atoms with Crippen LogP contribution in [0.4, 0.5) is 0 Å². The molecular formula is C15H14BrClN2S. The Morgan fingerprint density at radius 2 is 2.20 bits per heavy atom. The molecular weight excluding hydrogens is 356 g/mol. The lowest BCUT2D eigenvalue weighted by Gasteiger charge is -2.08. The zero-order valence-electron chi connectivity index (χ0n) is 11.1. The number of imidazole rings is 1. The fourth-order valence-electron chi connectivity index (χ4n) is 2.37. The molecule has 5 heteroatoms. The molecule has 0 N–H and O–H groups in total. The van der Waals surface area contributed by atoms with Gasteiger partial charge in [0.2, 0.25) is 0 Å². The van der Waals surface area contributed by atoms with Crippen LogP contribution in [0.1, 0.15) is 16.3 Å². The third-order valence-electron chi connectivity index (χ3n) is 3.37. The number of para-hydroxylation sites is 1. The van der Waals surface area contributed by atoms with Gasteiger partial charge in [0.15, 0.2) is 0 Å². The predicted octanol–water partition coefficient (Wildman–Crippen LogP) is 5.00. The van der Waals surface area contributed by atoms with Crippen LogP contribution in [-0.2, 0) is 13.0 Å². The van der Waals surface area contributed by atoms with Crippen molar-refractivity contribution in [2.75, 3.05) is 5.88 Å². The minimum Gasteiger partial charge on any atom is -0.323 e. The van der Waals surface area contributed by atoms with Crippen LogP contribution < -0.4 is 0 Å². The highest BCUT2D eigenvalue weighted by molar-refractivity contribution is 9.10. The summed E-state index contributed by atoms with van der Waals surface area (Å²) in [5, 5.41) is 2.10. The first kappa shape index (κ1) is 14.1. The molecule has 2 aromatic heterocycles. The number of rotatable bonds is 4. The molecule has 0 aliphatic heterocycles. The summed E-state index contributed by atoms with van der Waals surface area (Å²) in [6, 6.07) is 8.41. The number of thiophene rings is 1. The molecule has 0 bridgehead atoms. The van der Waals surface area contributed by atoms with E-state index in [0.717, 1.165) is 28.8 Å². The summed E-state index contributed by atoms with van der Waals surface area (Å²) in [6.45, 7) is 2.94. The Morgan fingerprint density at radius 1 is 1.35 bits per heavy atom. The smallest absolute Gasteiger partial charge is 0.111 e. The zero-order chi connectivity index (χ0) is 14.1. The van der Waals surface area contributed by atoms with Crippen LogP contribution in [-0.4, -0.2) is 15.4 Å². The van der Waals surface area contributed by atoms with Crippen molar-refractivity contribution in [2.24, 2.45) is 0 Å². The van der Waals surface area contributed by atoms with Crippen molar-refractivity contribution in [1.29, 1.82) is 0 Å². The standard InChI is InChI=1S/C15H14BrClN2S/c1-10-3-2-4-12-15(10)18-14(5-7-17)19(12)9-13-11(16)6-8-20-13/h2-4,6,8H,5,7,9H2,1H3. The predicted molar refractivity (Wildman–Crippen MR) is 90.0 cm³/mol. The summed E-state index contributed by atoms with van der Waals surface area (Å²) in [5.74, 6) is 1.65. The van der Waals surface area contributed by atoms with E-state index in [0.29, 0.717) is 5.88 Å². The topological polar surface area (TPSA) is 17.8 Å². The third kappa shape index (κ3) is 2.52. The Labute approximate surface area is 135 Å². The Morgan fingerprint density at radius 3 is 2.90 bits per heavy atom. The number of aromatic nitrogens is 2. The number of alkyl halides is 1. The van der Waals surface area contributed by atoms with Gasteiger partial charge < -0.3 is 4.57 Å². The van der Waals surface area contributed by atoms with E-state index < -0.39 is 0 Å². The Bertz CT molecular complexity index is 747. The van der Waals surface area contributed by atoms with Crippen molar-refractivity contribution in [1.82, 2.24) is 9.55 Å². The van der Waals surface area contributed by atoms with Crippen LogP contribution in [0.5, 0.6) is 0 Å². The number of fused-ring (bicyclic) bond motifs is 1. The lowest BCUT2D eigenvalue weighted by atomic mass is 10.2. The molecule has 2 nitrogen and oxygen atoms in total. The summed E-state index contributed by atoms with van der Waals surface area (Å²) < 4.78 is 3.44. The van der Waals surface area contributed by atoms with Gasteiger partial charge in [-0.15, -0.1) is 22.9 Å². The van der Waals surface area contributed by atoms with E-state index in [4.69, 9.17) is 16.6 Å². The van der Waals surface area contributed by atoms with Crippen LogP contribution >= 0.6 is 38.9 Å². The number of hydrogen-bond acceptors (Lipinski definition) is 2. The first-order valence-electron chi connectivity index (χ1n) is 6.43. The second-order valence-electron chi connectivity index (χ2n) is 4.69. The molecule has 0 aliphatic rings. The minimum absolute atomic E-state index is 0.591. The number of nitrogens with zero attached hydrogens (tertiary/aromatic N) is 2. The average Bonchev–Trinajstić information content (AvgIpc) is 2.98. The third-order valence-corrected chi connectivity index (χ3v) is 5.47. The van der Waals surface area contributed by atoms with Gasteiger partial charge in [-0.1, -0.05) is 12.1 Å². The van der Waals surface area contributed by atoms with Crippen molar-refractivity contribution in [3.8, 4) is 0 Å². The molecule has 0 saturated heterocycles. The molecule has 0 radical (unpaired) electrons. The van der Waals surface area contributed by atoms with Crippen LogP contribution in [0, 0.1) is 6.92 Å². The lowest BCUT2D eigenvalue weighted by molar-refractivity contribution is 0.761. The van der Waals surface area contributed by atoms with Gasteiger partial charge in [-0.05, 0) is 45.9 Å². The fourth-order valence-corrected chi connectivity index (χ4v) is 4.00. The first-order chi connectivity index (χ1) is 9.70. The quantitative estimate of drug-likeness (QED) is 0.592. The summed E-state index contributed by atoms with van der Waals surface area (Å²) in [6.07, 6.45) is 0.790. The Hall–Kier alpha value is -0.840. The van der Waals surface area contributed by atoms with E-state index in [9.17, 15) is 0 Å². The summed E-state index contributed by atoms with van der Waals surface area (Å²) in [4.78, 5) is 6.09. The number of halogens is 2. The van der Waals surface area contributed by atoms with Crippen molar-refractivity contribution >= 4 is 49.9 Å². The summed E-state index contributed by atoms with van der Waals surface area (Å²) in [5.41, 5.74) is 3.48. The van der Waals surface area contributed by atoms with Crippen molar-refractivity contribution in [3.63, 3.8) is 0 Å². The van der Waals surface area contributed by atoms with Crippen LogP contribution in [0.2, 0.25) is 0 Å². The van der Waals surface area contributed by atoms with Gasteiger partial charge in [0.05, 0.1) is 17.6 Å². The minimum atomic E-state index is 0.591. The van der Waals surface area contributed by atoms with Crippen LogP contribution in [0.25, 0.3) is 11.0 Å². The van der Waals surface area contributed by atoms with Crippen molar-refractivity contribution < 1.29 is 0 Å². The summed E-state index contributed by atoms with van der Waals surface area (Å²) >= 11 is 11.3. The molecule has 2 heterocycles. The molecule has 104 valence electrons. The largest absolute Gasteiger partial charge is 0.323 e. The number of aryl methyl sites for hydroxylation is 2. The second-order valence-corrected chi connectivity index (χ2v) is 6.92. The molecule has 3 aromatic rings. The Balaban J connectivity index is 2.14. The normalized spacial score (nSPS) is 11.3. The van der Waals surface area contributed by atoms with Gasteiger partial charge in [0, 0.05) is 21.7 Å². The van der Waals surface area contributed by atoms with Gasteiger partial charge in [-0.2, -0.15) is 0 Å². The van der Waals surface area contributed by atoms with Crippen LogP contribution in [0.15, 0.2) is 34.1 Å². The second kappa shape index (κ2) is 5.88. The van der Waals surface area contributed by atoms with E-state index in [1.165, 1.54) is 16.0 Å². The number of hydrogen-bond donors (Lipinski definition) is 0. The molecule has 3 rings (SSSR count). The monoisotopic (exact) mass is 368 g/mol. The highest BCUT2D eigenvalue weighted by Crippen LogP contribution is 2.27. The van der Waals surface area contributed by atoms with Gasteiger partial charge in [0.25, 0.3) is 0 Å². The molecule has 0 unspecified atom stereocenters. The summed E-state index contributed by atoms with van der Waals surface area (Å²) in [7, 11) is 0. The first-order valence-corrected chi connectivity index (χ1v) is 8.64. The molecule has 0 aliphatic carbocycles. The van der Waals surface area contributed by atoms with Crippen molar-refractivity contribution in [2.45, 2.75) is 19.9 Å². The zero-order valence-corrected chi connectivity index (χ0v) is 14.2. The molecule has 1 aromatic carbocycles. The van der Waals surface area contributed by atoms with Crippen LogP contribution in [0.3, 0.4) is 0 Å². The fraction of sp³-hybridized carbons (Fsp3) is 0.267. The van der Waals surface area contributed by atoms with Gasteiger partial charge >= 0.3 is 0 Å². The van der Waals surface area contributed by atoms with E-state index in [-0.39, 0.29) is 0 Å². The number of benzene rings is 1. The molecule has 0 amide bonds. The maximum absolute atomic E-state index is 5.93. The average molecular weight is 370 g/mol. The highest BCUT2D eigenvalue weighted by Gasteiger charge is 2.13. The van der Waals surface area contributed by atoms with E-state index in [1.807, 2.05) is 0 Å². The highest BCUT2D eigenvalue weighted by atomic mass is 79.9. The Kier molecular flexibility index (Phi) is 4.15. The van der Waals surface area contributed by atoms with Crippen molar-refractivity contribution in [3.05, 3.63) is 50.4 Å². The van der Waals surface area contributed by atoms with E-state index >= 15 is 0 Å². The maximum Gasteiger partial charge on any atom is 0.111 e. The van der Waals surface area contributed by atoms with E-state index in [1.54, 1.807) is 11.3 Å². The molecule has 20 heavy (non-hydrogen) atoms. The van der Waals surface area contributed by atoms with Gasteiger partial charge in [-0.3, -0.25) is 0 Å². The SMILES string of the molecule is Cc1cccc2c1nc(CCCl)n2Cc1sccc1Br. The van der Waals surface area contributed by atoms with E-state index in [2.05, 4.69) is 57.1 Å². The molecule has 0 spiro atoms. The molecule has 0 atom stereocenters. The molecule has 0 saturated carbocycles. The maximum atomic E-state index is 5.93. The van der Waals surface area contributed by atoms with Gasteiger partial charge in [0.1, 0.15) is 5.82 Å². The lowest BCUT2D eigenvalue weighted by Crippen LogP contribution is -2.05. The van der Waals surface area contributed by atoms with Gasteiger partial charge in [-0.25, -0.2) is 4.98 Å².